The predicted molar refractivity (Wildman–Crippen MR) is 102 cm³/mol. The van der Waals surface area contributed by atoms with Gasteiger partial charge in [0.05, 0.1) is 12.0 Å². The molecule has 0 spiro atoms. The molecule has 1 N–H and O–H groups in total. The number of benzene rings is 1. The summed E-state index contributed by atoms with van der Waals surface area (Å²) in [6, 6.07) is 7.76. The summed E-state index contributed by atoms with van der Waals surface area (Å²) >= 11 is 0. The molecule has 0 radical (unpaired) electrons. The Morgan fingerprint density at radius 1 is 1.27 bits per heavy atom. The molecule has 3 aromatic rings. The summed E-state index contributed by atoms with van der Waals surface area (Å²) in [6.07, 6.45) is 6.33. The van der Waals surface area contributed by atoms with Gasteiger partial charge in [0.15, 0.2) is 0 Å². The number of nitrogens with one attached hydrogen (secondary N) is 1. The second-order valence-electron chi connectivity index (χ2n) is 6.35. The molecule has 0 atom stereocenters. The molecular formula is C20H25N5O. The molecule has 0 aliphatic rings. The van der Waals surface area contributed by atoms with Crippen molar-refractivity contribution in [2.24, 2.45) is 0 Å². The molecule has 2 heterocycles. The van der Waals surface area contributed by atoms with Crippen LogP contribution in [-0.2, 0) is 13.1 Å². The lowest BCUT2D eigenvalue weighted by atomic mass is 10.0. The molecule has 6 heteroatoms. The molecule has 0 aliphatic heterocycles. The van der Waals surface area contributed by atoms with Crippen molar-refractivity contribution in [1.82, 2.24) is 24.6 Å². The normalized spacial score (nSPS) is 10.9. The lowest BCUT2D eigenvalue weighted by Gasteiger charge is -2.08. The van der Waals surface area contributed by atoms with Crippen molar-refractivity contribution < 1.29 is 4.79 Å². The molecule has 1 amide bonds. The van der Waals surface area contributed by atoms with Crippen LogP contribution in [0.25, 0.3) is 11.1 Å². The number of hydrogen-bond donors (Lipinski definition) is 1. The summed E-state index contributed by atoms with van der Waals surface area (Å²) in [5.74, 6) is -0.0457. The molecule has 0 fully saturated rings. The van der Waals surface area contributed by atoms with Crippen molar-refractivity contribution in [3.63, 3.8) is 0 Å². The third-order valence-electron chi connectivity index (χ3n) is 4.53. The Morgan fingerprint density at radius 3 is 2.81 bits per heavy atom. The van der Waals surface area contributed by atoms with Gasteiger partial charge < -0.3 is 9.88 Å². The minimum atomic E-state index is -0.0457. The molecule has 0 saturated carbocycles. The van der Waals surface area contributed by atoms with E-state index in [4.69, 9.17) is 0 Å². The van der Waals surface area contributed by atoms with Crippen LogP contribution in [0.15, 0.2) is 43.0 Å². The molecule has 2 aromatic heterocycles. The van der Waals surface area contributed by atoms with Crippen LogP contribution in [0.3, 0.4) is 0 Å². The summed E-state index contributed by atoms with van der Waals surface area (Å²) in [6.45, 7) is 8.47. The van der Waals surface area contributed by atoms with Crippen LogP contribution in [0.2, 0.25) is 0 Å². The second-order valence-corrected chi connectivity index (χ2v) is 6.35. The number of nitrogens with zero attached hydrogens (tertiary/aromatic N) is 4. The van der Waals surface area contributed by atoms with Gasteiger partial charge in [-0.15, -0.1) is 0 Å². The molecule has 26 heavy (non-hydrogen) atoms. The van der Waals surface area contributed by atoms with Crippen LogP contribution in [-0.4, -0.2) is 31.8 Å². The van der Waals surface area contributed by atoms with E-state index in [0.29, 0.717) is 12.1 Å². The van der Waals surface area contributed by atoms with E-state index in [9.17, 15) is 4.79 Å². The molecule has 6 nitrogen and oxygen atoms in total. The largest absolute Gasteiger partial charge is 0.352 e. The number of rotatable bonds is 7. The molecule has 1 aromatic carbocycles. The quantitative estimate of drug-likeness (QED) is 0.665. The highest BCUT2D eigenvalue weighted by Crippen LogP contribution is 2.27. The van der Waals surface area contributed by atoms with Crippen molar-refractivity contribution in [3.8, 4) is 11.1 Å². The summed E-state index contributed by atoms with van der Waals surface area (Å²) in [4.78, 5) is 16.5. The van der Waals surface area contributed by atoms with Crippen LogP contribution < -0.4 is 5.32 Å². The first-order chi connectivity index (χ1) is 12.6. The van der Waals surface area contributed by atoms with Gasteiger partial charge in [0.2, 0.25) is 0 Å². The summed E-state index contributed by atoms with van der Waals surface area (Å²) < 4.78 is 4.00. The number of hydrogen-bond acceptors (Lipinski definition) is 3. The van der Waals surface area contributed by atoms with Gasteiger partial charge in [-0.1, -0.05) is 12.1 Å². The SMILES string of the molecule is CCn1nc(C)c(-c2cccc(C(=O)NCCCn3ccnc3)c2)c1C. The summed E-state index contributed by atoms with van der Waals surface area (Å²) in [5.41, 5.74) is 4.94. The lowest BCUT2D eigenvalue weighted by molar-refractivity contribution is 0.0953. The van der Waals surface area contributed by atoms with E-state index >= 15 is 0 Å². The van der Waals surface area contributed by atoms with Gasteiger partial charge in [-0.3, -0.25) is 9.48 Å². The van der Waals surface area contributed by atoms with Gasteiger partial charge in [0.1, 0.15) is 0 Å². The van der Waals surface area contributed by atoms with Gasteiger partial charge in [-0.25, -0.2) is 4.98 Å². The minimum Gasteiger partial charge on any atom is -0.352 e. The maximum Gasteiger partial charge on any atom is 0.251 e. The number of aryl methyl sites for hydroxylation is 3. The number of carbonyl (C=O) groups excluding carboxylic acids is 1. The van der Waals surface area contributed by atoms with Crippen molar-refractivity contribution >= 4 is 5.91 Å². The lowest BCUT2D eigenvalue weighted by Crippen LogP contribution is -2.25. The van der Waals surface area contributed by atoms with Gasteiger partial charge in [0.25, 0.3) is 5.91 Å². The second kappa shape index (κ2) is 7.99. The van der Waals surface area contributed by atoms with Crippen molar-refractivity contribution in [1.29, 1.82) is 0 Å². The first-order valence-electron chi connectivity index (χ1n) is 8.98. The van der Waals surface area contributed by atoms with E-state index in [0.717, 1.165) is 42.0 Å². The maximum atomic E-state index is 12.5. The average molecular weight is 351 g/mol. The maximum absolute atomic E-state index is 12.5. The number of carbonyl (C=O) groups is 1. The zero-order chi connectivity index (χ0) is 18.5. The monoisotopic (exact) mass is 351 g/mol. The third-order valence-corrected chi connectivity index (χ3v) is 4.53. The fourth-order valence-electron chi connectivity index (χ4n) is 3.22. The Bertz CT molecular complexity index is 880. The third kappa shape index (κ3) is 3.85. The van der Waals surface area contributed by atoms with Gasteiger partial charge in [0, 0.05) is 48.8 Å². The molecular weight excluding hydrogens is 326 g/mol. The highest BCUT2D eigenvalue weighted by Gasteiger charge is 2.14. The molecule has 0 unspecified atom stereocenters. The fraction of sp³-hybridized carbons (Fsp3) is 0.350. The smallest absolute Gasteiger partial charge is 0.251 e. The van der Waals surface area contributed by atoms with Crippen molar-refractivity contribution in [2.45, 2.75) is 40.3 Å². The van der Waals surface area contributed by atoms with Crippen molar-refractivity contribution in [2.75, 3.05) is 6.54 Å². The van der Waals surface area contributed by atoms with Crippen LogP contribution in [0.4, 0.5) is 0 Å². The van der Waals surface area contributed by atoms with Crippen LogP contribution in [0, 0.1) is 13.8 Å². The average Bonchev–Trinajstić information content (AvgIpc) is 3.26. The zero-order valence-corrected chi connectivity index (χ0v) is 15.6. The zero-order valence-electron chi connectivity index (χ0n) is 15.6. The Morgan fingerprint density at radius 2 is 2.12 bits per heavy atom. The van der Waals surface area contributed by atoms with Gasteiger partial charge in [-0.05, 0) is 44.9 Å². The predicted octanol–water partition coefficient (Wildman–Crippen LogP) is 3.20. The summed E-state index contributed by atoms with van der Waals surface area (Å²) in [5, 5.41) is 7.57. The van der Waals surface area contributed by atoms with Gasteiger partial charge in [-0.2, -0.15) is 5.10 Å². The number of aromatic nitrogens is 4. The topological polar surface area (TPSA) is 64.7 Å². The van der Waals surface area contributed by atoms with E-state index in [1.807, 2.05) is 46.6 Å². The molecule has 0 bridgehead atoms. The summed E-state index contributed by atoms with van der Waals surface area (Å²) in [7, 11) is 0. The molecule has 0 saturated heterocycles. The first-order valence-corrected chi connectivity index (χ1v) is 8.98. The highest BCUT2D eigenvalue weighted by molar-refractivity contribution is 5.95. The fourth-order valence-corrected chi connectivity index (χ4v) is 3.22. The van der Waals surface area contributed by atoms with E-state index in [2.05, 4.69) is 29.2 Å². The van der Waals surface area contributed by atoms with E-state index < -0.39 is 0 Å². The Labute approximate surface area is 153 Å². The first kappa shape index (κ1) is 17.9. The van der Waals surface area contributed by atoms with E-state index in [1.54, 1.807) is 12.5 Å². The molecule has 0 aliphatic carbocycles. The van der Waals surface area contributed by atoms with Crippen LogP contribution in [0.1, 0.15) is 35.1 Å². The van der Waals surface area contributed by atoms with Crippen LogP contribution in [0.5, 0.6) is 0 Å². The number of imidazole rings is 1. The standard InChI is InChI=1S/C20H25N5O/c1-4-25-16(3)19(15(2)23-25)17-7-5-8-18(13-17)20(26)22-9-6-11-24-12-10-21-14-24/h5,7-8,10,12-14H,4,6,9,11H2,1-3H3,(H,22,26). The minimum absolute atomic E-state index is 0.0457. The highest BCUT2D eigenvalue weighted by atomic mass is 16.1. The Balaban J connectivity index is 1.67. The number of amides is 1. The molecule has 136 valence electrons. The Hall–Kier alpha value is -2.89. The van der Waals surface area contributed by atoms with Crippen molar-refractivity contribution in [3.05, 3.63) is 59.9 Å². The molecule has 3 rings (SSSR count). The van der Waals surface area contributed by atoms with E-state index in [1.165, 1.54) is 0 Å². The van der Waals surface area contributed by atoms with Crippen LogP contribution >= 0.6 is 0 Å². The Kier molecular flexibility index (Phi) is 5.51. The van der Waals surface area contributed by atoms with Gasteiger partial charge >= 0.3 is 0 Å². The van der Waals surface area contributed by atoms with E-state index in [-0.39, 0.29) is 5.91 Å².